The highest BCUT2D eigenvalue weighted by Gasteiger charge is 2.31. The molecular weight excluding hydrogens is 358 g/mol. The summed E-state index contributed by atoms with van der Waals surface area (Å²) in [7, 11) is 0. The molecule has 0 aliphatic rings. The molecule has 18 heavy (non-hydrogen) atoms. The summed E-state index contributed by atoms with van der Waals surface area (Å²) in [6.45, 7) is 0. The van der Waals surface area contributed by atoms with Gasteiger partial charge in [0.1, 0.15) is 5.75 Å². The second-order valence-corrected chi connectivity index (χ2v) is 4.59. The molecule has 0 amide bonds. The van der Waals surface area contributed by atoms with E-state index in [0.717, 1.165) is 9.13 Å². The summed E-state index contributed by atoms with van der Waals surface area (Å²) in [5.74, 6) is -0.236. The van der Waals surface area contributed by atoms with Gasteiger partial charge in [-0.2, -0.15) is 0 Å². The fraction of sp³-hybridized carbons (Fsp3) is 0.0833. The van der Waals surface area contributed by atoms with Crippen LogP contribution in [0.3, 0.4) is 0 Å². The number of alkyl halides is 3. The molecular formula is C12H7F3INO. The van der Waals surface area contributed by atoms with Crippen molar-refractivity contribution in [3.8, 4) is 16.9 Å². The summed E-state index contributed by atoms with van der Waals surface area (Å²) >= 11 is 2.10. The Balaban J connectivity index is 2.36. The molecule has 0 unspecified atom stereocenters. The SMILES string of the molecule is FC(F)(F)Oc1cccc(-c2cnccc2I)c1. The van der Waals surface area contributed by atoms with Crippen LogP contribution in [0.15, 0.2) is 42.7 Å². The van der Waals surface area contributed by atoms with Gasteiger partial charge < -0.3 is 4.74 Å². The van der Waals surface area contributed by atoms with Gasteiger partial charge in [-0.05, 0) is 46.4 Å². The van der Waals surface area contributed by atoms with Crippen molar-refractivity contribution in [2.75, 3.05) is 0 Å². The molecule has 94 valence electrons. The molecule has 0 spiro atoms. The van der Waals surface area contributed by atoms with E-state index in [0.29, 0.717) is 5.56 Å². The third-order valence-corrected chi connectivity index (χ3v) is 3.09. The molecule has 0 radical (unpaired) electrons. The van der Waals surface area contributed by atoms with E-state index in [1.165, 1.54) is 18.2 Å². The number of pyridine rings is 1. The van der Waals surface area contributed by atoms with E-state index < -0.39 is 6.36 Å². The molecule has 1 aromatic heterocycles. The Kier molecular flexibility index (Phi) is 3.74. The maximum absolute atomic E-state index is 12.1. The Morgan fingerprint density at radius 1 is 1.17 bits per heavy atom. The number of ether oxygens (including phenoxy) is 1. The van der Waals surface area contributed by atoms with Gasteiger partial charge in [-0.15, -0.1) is 13.2 Å². The van der Waals surface area contributed by atoms with Gasteiger partial charge in [0, 0.05) is 21.5 Å². The average Bonchev–Trinajstić information content (AvgIpc) is 2.27. The number of halogens is 4. The van der Waals surface area contributed by atoms with Crippen LogP contribution in [0.2, 0.25) is 0 Å². The van der Waals surface area contributed by atoms with Crippen molar-refractivity contribution in [3.05, 3.63) is 46.3 Å². The van der Waals surface area contributed by atoms with E-state index >= 15 is 0 Å². The van der Waals surface area contributed by atoms with Crippen LogP contribution in [-0.4, -0.2) is 11.3 Å². The van der Waals surface area contributed by atoms with Crippen LogP contribution in [0.25, 0.3) is 11.1 Å². The number of benzene rings is 1. The van der Waals surface area contributed by atoms with Gasteiger partial charge in [0.15, 0.2) is 0 Å². The zero-order valence-corrected chi connectivity index (χ0v) is 11.1. The number of hydrogen-bond donors (Lipinski definition) is 0. The molecule has 2 aromatic rings. The van der Waals surface area contributed by atoms with Gasteiger partial charge in [-0.25, -0.2) is 0 Å². The zero-order chi connectivity index (χ0) is 13.2. The second-order valence-electron chi connectivity index (χ2n) is 3.43. The van der Waals surface area contributed by atoms with Crippen LogP contribution < -0.4 is 4.74 Å². The first-order valence-corrected chi connectivity index (χ1v) is 5.99. The van der Waals surface area contributed by atoms with Crippen molar-refractivity contribution < 1.29 is 17.9 Å². The predicted octanol–water partition coefficient (Wildman–Crippen LogP) is 4.25. The first-order valence-electron chi connectivity index (χ1n) is 4.91. The normalized spacial score (nSPS) is 11.3. The largest absolute Gasteiger partial charge is 0.573 e. The first-order chi connectivity index (χ1) is 8.46. The quantitative estimate of drug-likeness (QED) is 0.743. The van der Waals surface area contributed by atoms with E-state index in [4.69, 9.17) is 0 Å². The van der Waals surface area contributed by atoms with E-state index in [-0.39, 0.29) is 5.75 Å². The molecule has 2 nitrogen and oxygen atoms in total. The summed E-state index contributed by atoms with van der Waals surface area (Å²) in [6, 6.07) is 7.61. The molecule has 1 aromatic carbocycles. The van der Waals surface area contributed by atoms with Crippen LogP contribution >= 0.6 is 22.6 Å². The Labute approximate surface area is 115 Å². The van der Waals surface area contributed by atoms with Crippen LogP contribution in [0.1, 0.15) is 0 Å². The van der Waals surface area contributed by atoms with Crippen LogP contribution in [0, 0.1) is 3.57 Å². The summed E-state index contributed by atoms with van der Waals surface area (Å²) < 4.78 is 41.1. The smallest absolute Gasteiger partial charge is 0.406 e. The van der Waals surface area contributed by atoms with Gasteiger partial charge >= 0.3 is 6.36 Å². The fourth-order valence-corrected chi connectivity index (χ4v) is 2.06. The number of aromatic nitrogens is 1. The van der Waals surface area contributed by atoms with E-state index in [2.05, 4.69) is 32.3 Å². The molecule has 0 bridgehead atoms. The highest BCUT2D eigenvalue weighted by Crippen LogP contribution is 2.29. The molecule has 6 heteroatoms. The van der Waals surface area contributed by atoms with Crippen molar-refractivity contribution in [2.24, 2.45) is 0 Å². The summed E-state index contributed by atoms with van der Waals surface area (Å²) in [5, 5.41) is 0. The second kappa shape index (κ2) is 5.13. The molecule has 0 N–H and O–H groups in total. The fourth-order valence-electron chi connectivity index (χ4n) is 1.45. The molecule has 0 saturated heterocycles. The predicted molar refractivity (Wildman–Crippen MR) is 69.1 cm³/mol. The molecule has 1 heterocycles. The maximum atomic E-state index is 12.1. The average molecular weight is 365 g/mol. The van der Waals surface area contributed by atoms with Gasteiger partial charge in [-0.1, -0.05) is 12.1 Å². The Bertz CT molecular complexity index is 557. The van der Waals surface area contributed by atoms with Gasteiger partial charge in [0.05, 0.1) is 0 Å². The Morgan fingerprint density at radius 3 is 2.61 bits per heavy atom. The molecule has 0 atom stereocenters. The monoisotopic (exact) mass is 365 g/mol. The standard InChI is InChI=1S/C12H7F3INO/c13-12(14,15)18-9-3-1-2-8(6-9)10-7-17-5-4-11(10)16/h1-7H. The van der Waals surface area contributed by atoms with Gasteiger partial charge in [-0.3, -0.25) is 4.98 Å². The minimum absolute atomic E-state index is 0.236. The zero-order valence-electron chi connectivity index (χ0n) is 8.91. The molecule has 2 rings (SSSR count). The van der Waals surface area contributed by atoms with Crippen LogP contribution in [0.5, 0.6) is 5.75 Å². The highest BCUT2D eigenvalue weighted by atomic mass is 127. The topological polar surface area (TPSA) is 22.1 Å². The van der Waals surface area contributed by atoms with Crippen molar-refractivity contribution in [3.63, 3.8) is 0 Å². The lowest BCUT2D eigenvalue weighted by atomic mass is 10.1. The number of hydrogen-bond acceptors (Lipinski definition) is 2. The lowest BCUT2D eigenvalue weighted by molar-refractivity contribution is -0.274. The molecule has 0 fully saturated rings. The van der Waals surface area contributed by atoms with E-state index in [9.17, 15) is 13.2 Å². The summed E-state index contributed by atoms with van der Waals surface area (Å²) in [5.41, 5.74) is 1.40. The molecule has 0 saturated carbocycles. The number of nitrogens with zero attached hydrogens (tertiary/aromatic N) is 1. The highest BCUT2D eigenvalue weighted by molar-refractivity contribution is 14.1. The van der Waals surface area contributed by atoms with Crippen molar-refractivity contribution >= 4 is 22.6 Å². The van der Waals surface area contributed by atoms with E-state index in [1.807, 2.05) is 0 Å². The van der Waals surface area contributed by atoms with E-state index in [1.54, 1.807) is 24.5 Å². The first kappa shape index (κ1) is 13.1. The summed E-state index contributed by atoms with van der Waals surface area (Å²) in [6.07, 6.45) is -1.45. The lowest BCUT2D eigenvalue weighted by Crippen LogP contribution is -2.17. The van der Waals surface area contributed by atoms with Crippen molar-refractivity contribution in [1.82, 2.24) is 4.98 Å². The van der Waals surface area contributed by atoms with Gasteiger partial charge in [0.25, 0.3) is 0 Å². The minimum atomic E-state index is -4.68. The Hall–Kier alpha value is -1.31. The number of rotatable bonds is 2. The van der Waals surface area contributed by atoms with Gasteiger partial charge in [0.2, 0.25) is 0 Å². The Morgan fingerprint density at radius 2 is 1.94 bits per heavy atom. The van der Waals surface area contributed by atoms with Crippen molar-refractivity contribution in [1.29, 1.82) is 0 Å². The molecule has 0 aliphatic heterocycles. The third kappa shape index (κ3) is 3.34. The molecule has 0 aliphatic carbocycles. The lowest BCUT2D eigenvalue weighted by Gasteiger charge is -2.10. The third-order valence-electron chi connectivity index (χ3n) is 2.15. The minimum Gasteiger partial charge on any atom is -0.406 e. The van der Waals surface area contributed by atoms with Crippen molar-refractivity contribution in [2.45, 2.75) is 6.36 Å². The van der Waals surface area contributed by atoms with Crippen LogP contribution in [0.4, 0.5) is 13.2 Å². The maximum Gasteiger partial charge on any atom is 0.573 e. The van der Waals surface area contributed by atoms with Crippen LogP contribution in [-0.2, 0) is 0 Å². The summed E-state index contributed by atoms with van der Waals surface area (Å²) in [4.78, 5) is 3.96.